The molecule has 9 nitrogen and oxygen atoms in total. The molecule has 0 radical (unpaired) electrons. The standard InChI is InChI=1S/C19H26N6O3/c1-4-24-11-8-15(22-24)20-18(28)19(3)9-5-10-23(13-19)17(27)12-25-16(26)7-6-14(2)21-25/h6-8,11H,4-5,9-10,12-13H2,1-3H3,(H,20,22,28)/t19-/m0/s1. The Kier molecular flexibility index (Phi) is 5.62. The third-order valence-electron chi connectivity index (χ3n) is 5.09. The van der Waals surface area contributed by atoms with E-state index in [4.69, 9.17) is 0 Å². The van der Waals surface area contributed by atoms with E-state index < -0.39 is 5.41 Å². The van der Waals surface area contributed by atoms with Crippen molar-refractivity contribution in [1.82, 2.24) is 24.5 Å². The maximum Gasteiger partial charge on any atom is 0.267 e. The molecule has 2 amide bonds. The smallest absolute Gasteiger partial charge is 0.267 e. The fraction of sp³-hybridized carbons (Fsp3) is 0.526. The van der Waals surface area contributed by atoms with Gasteiger partial charge in [0, 0.05) is 38.0 Å². The highest BCUT2D eigenvalue weighted by molar-refractivity contribution is 5.95. The van der Waals surface area contributed by atoms with Crippen LogP contribution in [0.4, 0.5) is 5.82 Å². The van der Waals surface area contributed by atoms with E-state index in [2.05, 4.69) is 15.5 Å². The van der Waals surface area contributed by atoms with Gasteiger partial charge in [-0.1, -0.05) is 0 Å². The summed E-state index contributed by atoms with van der Waals surface area (Å²) in [5, 5.41) is 11.2. The van der Waals surface area contributed by atoms with Crippen LogP contribution in [0.2, 0.25) is 0 Å². The van der Waals surface area contributed by atoms with Gasteiger partial charge in [-0.15, -0.1) is 0 Å². The van der Waals surface area contributed by atoms with E-state index in [0.717, 1.165) is 13.0 Å². The van der Waals surface area contributed by atoms with Crippen LogP contribution in [0, 0.1) is 12.3 Å². The largest absolute Gasteiger partial charge is 0.340 e. The molecule has 1 aliphatic heterocycles. The highest BCUT2D eigenvalue weighted by Gasteiger charge is 2.39. The Morgan fingerprint density at radius 2 is 2.04 bits per heavy atom. The number of aromatic nitrogens is 4. The first-order valence-corrected chi connectivity index (χ1v) is 9.48. The number of likely N-dealkylation sites (tertiary alicyclic amines) is 1. The summed E-state index contributed by atoms with van der Waals surface area (Å²) in [6.07, 6.45) is 3.20. The highest BCUT2D eigenvalue weighted by atomic mass is 16.2. The molecular formula is C19H26N6O3. The van der Waals surface area contributed by atoms with Crippen molar-refractivity contribution in [2.45, 2.75) is 46.7 Å². The molecule has 2 aromatic heterocycles. The molecule has 0 aromatic carbocycles. The van der Waals surface area contributed by atoms with Gasteiger partial charge in [-0.2, -0.15) is 10.2 Å². The first kappa shape index (κ1) is 19.8. The number of carbonyl (C=O) groups excluding carboxylic acids is 2. The minimum Gasteiger partial charge on any atom is -0.340 e. The Bertz CT molecular complexity index is 934. The van der Waals surface area contributed by atoms with Gasteiger partial charge in [-0.05, 0) is 39.7 Å². The van der Waals surface area contributed by atoms with Crippen LogP contribution in [-0.2, 0) is 22.7 Å². The molecular weight excluding hydrogens is 360 g/mol. The maximum absolute atomic E-state index is 12.8. The number of amides is 2. The second kappa shape index (κ2) is 7.95. The third kappa shape index (κ3) is 4.29. The molecule has 3 heterocycles. The second-order valence-electron chi connectivity index (χ2n) is 7.46. The lowest BCUT2D eigenvalue weighted by Crippen LogP contribution is -2.51. The summed E-state index contributed by atoms with van der Waals surface area (Å²) in [7, 11) is 0. The first-order valence-electron chi connectivity index (χ1n) is 9.48. The normalized spacial score (nSPS) is 19.5. The number of piperidine rings is 1. The molecule has 1 atom stereocenters. The van der Waals surface area contributed by atoms with Crippen LogP contribution >= 0.6 is 0 Å². The molecule has 2 aromatic rings. The molecule has 150 valence electrons. The van der Waals surface area contributed by atoms with Crippen molar-refractivity contribution in [2.24, 2.45) is 5.41 Å². The van der Waals surface area contributed by atoms with Crippen molar-refractivity contribution in [1.29, 1.82) is 0 Å². The van der Waals surface area contributed by atoms with Gasteiger partial charge in [0.1, 0.15) is 6.54 Å². The number of rotatable bonds is 5. The summed E-state index contributed by atoms with van der Waals surface area (Å²) in [4.78, 5) is 39.1. The number of anilines is 1. The average molecular weight is 386 g/mol. The first-order chi connectivity index (χ1) is 13.3. The highest BCUT2D eigenvalue weighted by Crippen LogP contribution is 2.31. The SMILES string of the molecule is CCn1ccc(NC(=O)[C@@]2(C)CCCN(C(=O)Cn3nc(C)ccc3=O)C2)n1. The van der Waals surface area contributed by atoms with Gasteiger partial charge in [0.05, 0.1) is 11.1 Å². The average Bonchev–Trinajstić information content (AvgIpc) is 3.12. The third-order valence-corrected chi connectivity index (χ3v) is 5.09. The Labute approximate surface area is 163 Å². The fourth-order valence-electron chi connectivity index (χ4n) is 3.40. The molecule has 0 bridgehead atoms. The molecule has 1 fully saturated rings. The molecule has 0 aliphatic carbocycles. The lowest BCUT2D eigenvalue weighted by atomic mass is 9.81. The fourth-order valence-corrected chi connectivity index (χ4v) is 3.40. The monoisotopic (exact) mass is 386 g/mol. The van der Waals surface area contributed by atoms with Gasteiger partial charge in [0.2, 0.25) is 11.8 Å². The van der Waals surface area contributed by atoms with Crippen LogP contribution in [0.1, 0.15) is 32.4 Å². The molecule has 0 saturated carbocycles. The number of carbonyl (C=O) groups is 2. The maximum atomic E-state index is 12.8. The van der Waals surface area contributed by atoms with Crippen molar-refractivity contribution < 1.29 is 9.59 Å². The molecule has 3 rings (SSSR count). The van der Waals surface area contributed by atoms with Gasteiger partial charge >= 0.3 is 0 Å². The van der Waals surface area contributed by atoms with Gasteiger partial charge in [-0.25, -0.2) is 4.68 Å². The predicted molar refractivity (Wildman–Crippen MR) is 104 cm³/mol. The molecule has 0 unspecified atom stereocenters. The van der Waals surface area contributed by atoms with Crippen molar-refractivity contribution in [3.63, 3.8) is 0 Å². The lowest BCUT2D eigenvalue weighted by molar-refractivity contribution is -0.139. The van der Waals surface area contributed by atoms with Crippen LogP contribution in [0.25, 0.3) is 0 Å². The summed E-state index contributed by atoms with van der Waals surface area (Å²) in [6, 6.07) is 4.77. The Balaban J connectivity index is 1.67. The summed E-state index contributed by atoms with van der Waals surface area (Å²) in [6.45, 7) is 7.05. The van der Waals surface area contributed by atoms with Gasteiger partial charge in [0.15, 0.2) is 5.82 Å². The van der Waals surface area contributed by atoms with Crippen LogP contribution < -0.4 is 10.9 Å². The number of nitrogens with one attached hydrogen (secondary N) is 1. The van der Waals surface area contributed by atoms with Crippen LogP contribution in [0.5, 0.6) is 0 Å². The van der Waals surface area contributed by atoms with E-state index in [1.807, 2.05) is 13.8 Å². The number of hydrogen-bond acceptors (Lipinski definition) is 5. The zero-order chi connectivity index (χ0) is 20.3. The van der Waals surface area contributed by atoms with Crippen molar-refractivity contribution in [2.75, 3.05) is 18.4 Å². The summed E-state index contributed by atoms with van der Waals surface area (Å²) < 4.78 is 2.91. The summed E-state index contributed by atoms with van der Waals surface area (Å²) in [5.41, 5.74) is -0.362. The van der Waals surface area contributed by atoms with E-state index in [9.17, 15) is 14.4 Å². The van der Waals surface area contributed by atoms with Crippen LogP contribution in [-0.4, -0.2) is 49.4 Å². The summed E-state index contributed by atoms with van der Waals surface area (Å²) >= 11 is 0. The topological polar surface area (TPSA) is 102 Å². The van der Waals surface area contributed by atoms with Gasteiger partial charge in [-0.3, -0.25) is 19.1 Å². The molecule has 1 saturated heterocycles. The zero-order valence-electron chi connectivity index (χ0n) is 16.5. The lowest BCUT2D eigenvalue weighted by Gasteiger charge is -2.39. The van der Waals surface area contributed by atoms with E-state index in [1.165, 1.54) is 10.7 Å². The van der Waals surface area contributed by atoms with Crippen molar-refractivity contribution in [3.05, 3.63) is 40.4 Å². The summed E-state index contributed by atoms with van der Waals surface area (Å²) in [5.74, 6) is 0.137. The number of aryl methyl sites for hydroxylation is 2. The van der Waals surface area contributed by atoms with E-state index in [1.54, 1.807) is 34.8 Å². The molecule has 1 aliphatic rings. The van der Waals surface area contributed by atoms with E-state index in [0.29, 0.717) is 31.0 Å². The molecule has 1 N–H and O–H groups in total. The quantitative estimate of drug-likeness (QED) is 0.827. The zero-order valence-corrected chi connectivity index (χ0v) is 16.5. The Morgan fingerprint density at radius 3 is 2.75 bits per heavy atom. The van der Waals surface area contributed by atoms with Gasteiger partial charge in [0.25, 0.3) is 5.56 Å². The Morgan fingerprint density at radius 1 is 1.25 bits per heavy atom. The van der Waals surface area contributed by atoms with Crippen molar-refractivity contribution in [3.8, 4) is 0 Å². The van der Waals surface area contributed by atoms with E-state index in [-0.39, 0.29) is 23.9 Å². The number of nitrogens with zero attached hydrogens (tertiary/aromatic N) is 5. The second-order valence-corrected chi connectivity index (χ2v) is 7.46. The predicted octanol–water partition coefficient (Wildman–Crippen LogP) is 1.04. The van der Waals surface area contributed by atoms with E-state index >= 15 is 0 Å². The van der Waals surface area contributed by atoms with Crippen LogP contribution in [0.15, 0.2) is 29.2 Å². The minimum atomic E-state index is -0.713. The molecule has 28 heavy (non-hydrogen) atoms. The Hall–Kier alpha value is -2.97. The van der Waals surface area contributed by atoms with Crippen molar-refractivity contribution >= 4 is 17.6 Å². The molecule has 0 spiro atoms. The van der Waals surface area contributed by atoms with Gasteiger partial charge < -0.3 is 10.2 Å². The van der Waals surface area contributed by atoms with Crippen LogP contribution in [0.3, 0.4) is 0 Å². The number of hydrogen-bond donors (Lipinski definition) is 1. The molecule has 9 heteroatoms. The minimum absolute atomic E-state index is 0.126.